The molecule has 2 amide bonds. The molecule has 0 aromatic heterocycles. The summed E-state index contributed by atoms with van der Waals surface area (Å²) in [5.41, 5.74) is 0.0225. The van der Waals surface area contributed by atoms with Gasteiger partial charge in [-0.2, -0.15) is 0 Å². The van der Waals surface area contributed by atoms with Gasteiger partial charge in [0.15, 0.2) is 6.61 Å². The number of hydrogen-bond donors (Lipinski definition) is 0. The second kappa shape index (κ2) is 6.10. The van der Waals surface area contributed by atoms with E-state index >= 15 is 0 Å². The van der Waals surface area contributed by atoms with Crippen molar-refractivity contribution >= 4 is 22.0 Å². The molecule has 0 bridgehead atoms. The van der Waals surface area contributed by atoms with E-state index in [9.17, 15) is 26.8 Å². The van der Waals surface area contributed by atoms with E-state index in [0.29, 0.717) is 6.07 Å². The summed E-state index contributed by atoms with van der Waals surface area (Å²) < 4.78 is 56.5. The third-order valence-electron chi connectivity index (χ3n) is 3.87. The number of carbonyl (C=O) groups is 2. The van der Waals surface area contributed by atoms with E-state index in [4.69, 9.17) is 0 Å². The van der Waals surface area contributed by atoms with Gasteiger partial charge >= 0.3 is 6.09 Å². The first kappa shape index (κ1) is 16.8. The van der Waals surface area contributed by atoms with Crippen molar-refractivity contribution in [1.29, 1.82) is 0 Å². The lowest BCUT2D eigenvalue weighted by atomic mass is 10.0. The van der Waals surface area contributed by atoms with E-state index in [1.807, 2.05) is 0 Å². The Bertz CT molecular complexity index is 756. The van der Waals surface area contributed by atoms with E-state index < -0.39 is 39.4 Å². The summed E-state index contributed by atoms with van der Waals surface area (Å²) in [5, 5.41) is 0. The van der Waals surface area contributed by atoms with Crippen LogP contribution in [0.2, 0.25) is 0 Å². The van der Waals surface area contributed by atoms with Crippen LogP contribution in [0.4, 0.5) is 13.6 Å². The first-order valence-corrected chi connectivity index (χ1v) is 8.75. The number of hydrogen-bond acceptors (Lipinski definition) is 5. The molecule has 3 rings (SSSR count). The molecular formula is C14H14F2N2O5S. The minimum atomic E-state index is -3.72. The summed E-state index contributed by atoms with van der Waals surface area (Å²) >= 11 is 0. The molecule has 0 spiro atoms. The van der Waals surface area contributed by atoms with Crippen LogP contribution >= 0.6 is 0 Å². The lowest BCUT2D eigenvalue weighted by Gasteiger charge is -2.39. The van der Waals surface area contributed by atoms with Crippen LogP contribution in [0, 0.1) is 17.6 Å². The van der Waals surface area contributed by atoms with Gasteiger partial charge in [0.25, 0.3) is 5.91 Å². The molecule has 2 aliphatic rings. The van der Waals surface area contributed by atoms with Crippen molar-refractivity contribution in [2.45, 2.75) is 5.75 Å². The van der Waals surface area contributed by atoms with E-state index in [2.05, 4.69) is 4.74 Å². The summed E-state index contributed by atoms with van der Waals surface area (Å²) in [6, 6.07) is 2.61. The Balaban J connectivity index is 1.58. The van der Waals surface area contributed by atoms with Gasteiger partial charge in [0.05, 0.1) is 5.75 Å². The Morgan fingerprint density at radius 1 is 1.12 bits per heavy atom. The van der Waals surface area contributed by atoms with E-state index in [0.717, 1.165) is 21.3 Å². The highest BCUT2D eigenvalue weighted by Crippen LogP contribution is 2.24. The summed E-state index contributed by atoms with van der Waals surface area (Å²) in [4.78, 5) is 23.7. The smallest absolute Gasteiger partial charge is 0.417 e. The highest BCUT2D eigenvalue weighted by Gasteiger charge is 2.40. The van der Waals surface area contributed by atoms with Gasteiger partial charge in [-0.15, -0.1) is 0 Å². The summed E-state index contributed by atoms with van der Waals surface area (Å²) in [6.07, 6.45) is -0.725. The number of halogens is 2. The standard InChI is InChI=1S/C14H14F2N2O5S/c15-11-1-9(2-12(16)3-11)8-24(21,22)17-4-10(5-17)6-18-13(19)7-23-14(18)20/h1-3,10H,4-8H2. The lowest BCUT2D eigenvalue weighted by Crippen LogP contribution is -2.54. The van der Waals surface area contributed by atoms with Crippen molar-refractivity contribution in [3.63, 3.8) is 0 Å². The molecule has 130 valence electrons. The molecule has 0 saturated carbocycles. The minimum absolute atomic E-state index is 0.0225. The predicted molar refractivity (Wildman–Crippen MR) is 77.1 cm³/mol. The van der Waals surface area contributed by atoms with Crippen LogP contribution < -0.4 is 0 Å². The van der Waals surface area contributed by atoms with E-state index in [-0.39, 0.29) is 37.7 Å². The number of benzene rings is 1. The fourth-order valence-corrected chi connectivity index (χ4v) is 4.32. The quantitative estimate of drug-likeness (QED) is 0.772. The molecule has 2 heterocycles. The molecule has 1 aromatic carbocycles. The Hall–Kier alpha value is -2.07. The number of rotatable bonds is 5. The number of cyclic esters (lactones) is 1. The van der Waals surface area contributed by atoms with Crippen LogP contribution in [0.3, 0.4) is 0 Å². The molecule has 10 heteroatoms. The molecule has 2 fully saturated rings. The topological polar surface area (TPSA) is 84.0 Å². The number of imide groups is 1. The third-order valence-corrected chi connectivity index (χ3v) is 5.65. The van der Waals surface area contributed by atoms with Crippen LogP contribution in [-0.2, 0) is 25.3 Å². The highest BCUT2D eigenvalue weighted by molar-refractivity contribution is 7.88. The van der Waals surface area contributed by atoms with Gasteiger partial charge in [-0.3, -0.25) is 4.79 Å². The SMILES string of the molecule is O=C1COC(=O)N1CC1CN(S(=O)(=O)Cc2cc(F)cc(F)c2)C1. The zero-order valence-corrected chi connectivity index (χ0v) is 13.3. The fraction of sp³-hybridized carbons (Fsp3) is 0.429. The van der Waals surface area contributed by atoms with Crippen molar-refractivity contribution in [2.24, 2.45) is 5.92 Å². The number of amides is 2. The molecule has 0 radical (unpaired) electrons. The van der Waals surface area contributed by atoms with Crippen molar-refractivity contribution in [1.82, 2.24) is 9.21 Å². The Morgan fingerprint density at radius 2 is 1.75 bits per heavy atom. The monoisotopic (exact) mass is 360 g/mol. The summed E-state index contributed by atoms with van der Waals surface area (Å²) in [7, 11) is -3.72. The lowest BCUT2D eigenvalue weighted by molar-refractivity contribution is -0.126. The first-order valence-electron chi connectivity index (χ1n) is 7.14. The summed E-state index contributed by atoms with van der Waals surface area (Å²) in [5.74, 6) is -2.82. The van der Waals surface area contributed by atoms with Gasteiger partial charge in [-0.25, -0.2) is 31.2 Å². The van der Waals surface area contributed by atoms with Gasteiger partial charge < -0.3 is 4.74 Å². The molecule has 24 heavy (non-hydrogen) atoms. The molecule has 0 N–H and O–H groups in total. The van der Waals surface area contributed by atoms with E-state index in [1.54, 1.807) is 0 Å². The molecule has 0 atom stereocenters. The second-order valence-corrected chi connectivity index (χ2v) is 7.74. The number of ether oxygens (including phenoxy) is 1. The Morgan fingerprint density at radius 3 is 2.29 bits per heavy atom. The predicted octanol–water partition coefficient (Wildman–Crippen LogP) is 0.705. The molecule has 0 unspecified atom stereocenters. The van der Waals surface area contributed by atoms with Crippen molar-refractivity contribution < 1.29 is 31.5 Å². The Kier molecular flexibility index (Phi) is 4.26. The average Bonchev–Trinajstić information content (AvgIpc) is 2.71. The third kappa shape index (κ3) is 3.39. The summed E-state index contributed by atoms with van der Waals surface area (Å²) in [6.45, 7) is 0.0748. The highest BCUT2D eigenvalue weighted by atomic mass is 32.2. The first-order chi connectivity index (χ1) is 11.2. The fourth-order valence-electron chi connectivity index (χ4n) is 2.68. The average molecular weight is 360 g/mol. The molecule has 0 aliphatic carbocycles. The largest absolute Gasteiger partial charge is 0.439 e. The maximum absolute atomic E-state index is 13.1. The van der Waals surface area contributed by atoms with Crippen LogP contribution in [0.5, 0.6) is 0 Å². The maximum atomic E-state index is 13.1. The van der Waals surface area contributed by atoms with Gasteiger partial charge in [-0.05, 0) is 17.7 Å². The zero-order valence-electron chi connectivity index (χ0n) is 12.4. The molecular weight excluding hydrogens is 346 g/mol. The second-order valence-electron chi connectivity index (χ2n) is 5.78. The number of nitrogens with zero attached hydrogens (tertiary/aromatic N) is 2. The van der Waals surface area contributed by atoms with Crippen LogP contribution in [-0.4, -0.2) is 55.9 Å². The van der Waals surface area contributed by atoms with Gasteiger partial charge in [-0.1, -0.05) is 0 Å². The van der Waals surface area contributed by atoms with Crippen molar-refractivity contribution in [3.05, 3.63) is 35.4 Å². The molecule has 1 aromatic rings. The Labute approximate surface area is 136 Å². The maximum Gasteiger partial charge on any atom is 0.417 e. The zero-order chi connectivity index (χ0) is 17.5. The molecule has 2 saturated heterocycles. The molecule has 2 aliphatic heterocycles. The number of sulfonamides is 1. The van der Waals surface area contributed by atoms with Gasteiger partial charge in [0.2, 0.25) is 10.0 Å². The minimum Gasteiger partial charge on any atom is -0.439 e. The van der Waals surface area contributed by atoms with Crippen molar-refractivity contribution in [3.8, 4) is 0 Å². The number of carbonyl (C=O) groups excluding carboxylic acids is 2. The van der Waals surface area contributed by atoms with Gasteiger partial charge in [0.1, 0.15) is 11.6 Å². The van der Waals surface area contributed by atoms with Crippen LogP contribution in [0.15, 0.2) is 18.2 Å². The van der Waals surface area contributed by atoms with Crippen LogP contribution in [0.25, 0.3) is 0 Å². The van der Waals surface area contributed by atoms with E-state index in [1.165, 1.54) is 0 Å². The van der Waals surface area contributed by atoms with Crippen LogP contribution in [0.1, 0.15) is 5.56 Å². The molecule has 7 nitrogen and oxygen atoms in total. The van der Waals surface area contributed by atoms with Gasteiger partial charge in [0, 0.05) is 31.6 Å². The van der Waals surface area contributed by atoms with Crippen molar-refractivity contribution in [2.75, 3.05) is 26.2 Å². The normalized spacial score (nSPS) is 19.5.